The third-order valence-electron chi connectivity index (χ3n) is 6.29. The molecule has 1 aliphatic rings. The number of hydrogen-bond acceptors (Lipinski definition) is 4. The molecule has 0 radical (unpaired) electrons. The Kier molecular flexibility index (Phi) is 6.66. The summed E-state index contributed by atoms with van der Waals surface area (Å²) in [5, 5.41) is 0. The van der Waals surface area contributed by atoms with Gasteiger partial charge in [0.15, 0.2) is 5.89 Å². The number of halogens is 2. The highest BCUT2D eigenvalue weighted by atomic mass is 19.1. The molecule has 1 fully saturated rings. The lowest BCUT2D eigenvalue weighted by atomic mass is 9.97. The number of rotatable bonds is 6. The van der Waals surface area contributed by atoms with Crippen LogP contribution in [0.15, 0.2) is 77.5 Å². The molecule has 178 valence electrons. The fourth-order valence-electron chi connectivity index (χ4n) is 4.41. The van der Waals surface area contributed by atoms with E-state index in [0.29, 0.717) is 37.4 Å². The Balaban J connectivity index is 1.21. The molecule has 5 rings (SSSR count). The summed E-state index contributed by atoms with van der Waals surface area (Å²) >= 11 is 0. The highest BCUT2D eigenvalue weighted by Gasteiger charge is 2.28. The van der Waals surface area contributed by atoms with Crippen LogP contribution in [0.3, 0.4) is 0 Å². The van der Waals surface area contributed by atoms with E-state index >= 15 is 0 Å². The predicted molar refractivity (Wildman–Crippen MR) is 127 cm³/mol. The second-order valence-electron chi connectivity index (χ2n) is 8.90. The van der Waals surface area contributed by atoms with Crippen LogP contribution in [0.2, 0.25) is 0 Å². The average Bonchev–Trinajstić information content (AvgIpc) is 3.35. The standard InChI is InChI=1S/C28H25F2N3O2/c29-23-8-3-19(4-9-23)14-25-12-7-21(16-31-25)28(34)33-13-1-2-22(18-33)27-32-17-26(35-27)15-20-5-10-24(30)11-6-20/h3-12,16-17,22H,1-2,13-15,18H2/t22-/m0/s1. The molecule has 2 aromatic heterocycles. The number of carbonyl (C=O) groups is 1. The van der Waals surface area contributed by atoms with Gasteiger partial charge in [0.25, 0.3) is 5.91 Å². The van der Waals surface area contributed by atoms with Gasteiger partial charge >= 0.3 is 0 Å². The number of hydrogen-bond donors (Lipinski definition) is 0. The Morgan fingerprint density at radius 3 is 2.23 bits per heavy atom. The van der Waals surface area contributed by atoms with Crippen LogP contribution >= 0.6 is 0 Å². The first-order chi connectivity index (χ1) is 17.0. The van der Waals surface area contributed by atoms with Crippen LogP contribution in [-0.4, -0.2) is 33.9 Å². The predicted octanol–water partition coefficient (Wildman–Crippen LogP) is 5.55. The monoisotopic (exact) mass is 473 g/mol. The van der Waals surface area contributed by atoms with Crippen LogP contribution in [0, 0.1) is 11.6 Å². The van der Waals surface area contributed by atoms with Gasteiger partial charge in [-0.15, -0.1) is 0 Å². The van der Waals surface area contributed by atoms with Crippen LogP contribution in [0.5, 0.6) is 0 Å². The topological polar surface area (TPSA) is 59.2 Å². The number of amides is 1. The van der Waals surface area contributed by atoms with E-state index in [1.54, 1.807) is 42.7 Å². The molecule has 3 heterocycles. The smallest absolute Gasteiger partial charge is 0.255 e. The summed E-state index contributed by atoms with van der Waals surface area (Å²) in [4.78, 5) is 23.9. The van der Waals surface area contributed by atoms with Crippen LogP contribution < -0.4 is 0 Å². The van der Waals surface area contributed by atoms with Gasteiger partial charge in [0.1, 0.15) is 17.4 Å². The maximum absolute atomic E-state index is 13.1. The van der Waals surface area contributed by atoms with E-state index in [4.69, 9.17) is 4.42 Å². The molecule has 0 bridgehead atoms. The minimum absolute atomic E-state index is 0.0281. The maximum atomic E-state index is 13.1. The minimum atomic E-state index is -0.267. The number of piperidine rings is 1. The van der Waals surface area contributed by atoms with E-state index in [1.807, 2.05) is 11.0 Å². The van der Waals surface area contributed by atoms with E-state index in [1.165, 1.54) is 24.3 Å². The summed E-state index contributed by atoms with van der Waals surface area (Å²) in [6.07, 6.45) is 6.20. The fourth-order valence-corrected chi connectivity index (χ4v) is 4.41. The molecule has 0 unspecified atom stereocenters. The van der Waals surface area contributed by atoms with Crippen molar-refractivity contribution in [3.8, 4) is 0 Å². The molecular weight excluding hydrogens is 448 g/mol. The van der Waals surface area contributed by atoms with Crippen molar-refractivity contribution in [2.45, 2.75) is 31.6 Å². The summed E-state index contributed by atoms with van der Waals surface area (Å²) in [6, 6.07) is 16.3. The quantitative estimate of drug-likeness (QED) is 0.369. The summed E-state index contributed by atoms with van der Waals surface area (Å²) in [6.45, 7) is 1.21. The van der Waals surface area contributed by atoms with Crippen molar-refractivity contribution in [3.05, 3.63) is 119 Å². The highest BCUT2D eigenvalue weighted by molar-refractivity contribution is 5.94. The van der Waals surface area contributed by atoms with Gasteiger partial charge in [-0.05, 0) is 60.4 Å². The summed E-state index contributed by atoms with van der Waals surface area (Å²) in [7, 11) is 0. The largest absolute Gasteiger partial charge is 0.445 e. The second kappa shape index (κ2) is 10.2. The Bertz CT molecular complexity index is 1290. The summed E-state index contributed by atoms with van der Waals surface area (Å²) in [5.41, 5.74) is 3.27. The van der Waals surface area contributed by atoms with Gasteiger partial charge in [-0.2, -0.15) is 0 Å². The molecule has 5 nitrogen and oxygen atoms in total. The number of oxazole rings is 1. The number of aromatic nitrogens is 2. The molecule has 4 aromatic rings. The first-order valence-corrected chi connectivity index (χ1v) is 11.7. The summed E-state index contributed by atoms with van der Waals surface area (Å²) in [5.74, 6) is 0.783. The molecule has 0 aliphatic carbocycles. The van der Waals surface area contributed by atoms with Crippen molar-refractivity contribution in [2.24, 2.45) is 0 Å². The Morgan fingerprint density at radius 2 is 1.57 bits per heavy atom. The van der Waals surface area contributed by atoms with Crippen molar-refractivity contribution in [2.75, 3.05) is 13.1 Å². The molecule has 1 atom stereocenters. The lowest BCUT2D eigenvalue weighted by Crippen LogP contribution is -2.39. The van der Waals surface area contributed by atoms with Crippen LogP contribution in [0.4, 0.5) is 8.78 Å². The lowest BCUT2D eigenvalue weighted by Gasteiger charge is -2.31. The normalized spacial score (nSPS) is 15.8. The van der Waals surface area contributed by atoms with Gasteiger partial charge in [0.05, 0.1) is 17.7 Å². The van der Waals surface area contributed by atoms with E-state index in [-0.39, 0.29) is 23.5 Å². The van der Waals surface area contributed by atoms with E-state index in [0.717, 1.165) is 35.4 Å². The van der Waals surface area contributed by atoms with Crippen LogP contribution in [0.25, 0.3) is 0 Å². The second-order valence-corrected chi connectivity index (χ2v) is 8.90. The molecule has 0 N–H and O–H groups in total. The highest BCUT2D eigenvalue weighted by Crippen LogP contribution is 2.28. The summed E-state index contributed by atoms with van der Waals surface area (Å²) < 4.78 is 32.2. The molecule has 35 heavy (non-hydrogen) atoms. The van der Waals surface area contributed by atoms with Gasteiger partial charge < -0.3 is 9.32 Å². The zero-order valence-corrected chi connectivity index (χ0v) is 19.2. The molecule has 0 saturated carbocycles. The van der Waals surface area contributed by atoms with Crippen molar-refractivity contribution in [1.29, 1.82) is 0 Å². The zero-order chi connectivity index (χ0) is 24.2. The van der Waals surface area contributed by atoms with Crippen molar-refractivity contribution in [3.63, 3.8) is 0 Å². The number of likely N-dealkylation sites (tertiary alicyclic amines) is 1. The van der Waals surface area contributed by atoms with Crippen LogP contribution in [-0.2, 0) is 12.8 Å². The SMILES string of the molecule is O=C(c1ccc(Cc2ccc(F)cc2)nc1)N1CCC[C@H](c2ncc(Cc3ccc(F)cc3)o2)C1. The minimum Gasteiger partial charge on any atom is -0.445 e. The Hall–Kier alpha value is -3.87. The van der Waals surface area contributed by atoms with Crippen molar-refractivity contribution >= 4 is 5.91 Å². The number of nitrogens with zero attached hydrogens (tertiary/aromatic N) is 3. The Morgan fingerprint density at radius 1 is 0.886 bits per heavy atom. The molecule has 2 aromatic carbocycles. The third-order valence-corrected chi connectivity index (χ3v) is 6.29. The first-order valence-electron chi connectivity index (χ1n) is 11.7. The molecule has 1 amide bonds. The number of pyridine rings is 1. The number of benzene rings is 2. The lowest BCUT2D eigenvalue weighted by molar-refractivity contribution is 0.0697. The molecular formula is C28H25F2N3O2. The molecule has 1 saturated heterocycles. The first kappa shape index (κ1) is 22.9. The van der Waals surface area contributed by atoms with E-state index in [9.17, 15) is 13.6 Å². The number of carbonyl (C=O) groups excluding carboxylic acids is 1. The van der Waals surface area contributed by atoms with Crippen molar-refractivity contribution < 1.29 is 18.0 Å². The van der Waals surface area contributed by atoms with Crippen LogP contribution in [0.1, 0.15) is 57.6 Å². The van der Waals surface area contributed by atoms with Gasteiger partial charge in [-0.25, -0.2) is 13.8 Å². The molecule has 1 aliphatic heterocycles. The molecule has 0 spiro atoms. The Labute approximate surface area is 202 Å². The van der Waals surface area contributed by atoms with E-state index < -0.39 is 0 Å². The van der Waals surface area contributed by atoms with Gasteiger partial charge in [0, 0.05) is 37.8 Å². The van der Waals surface area contributed by atoms with E-state index in [2.05, 4.69) is 9.97 Å². The van der Waals surface area contributed by atoms with Crippen molar-refractivity contribution in [1.82, 2.24) is 14.9 Å². The molecule has 7 heteroatoms. The maximum Gasteiger partial charge on any atom is 0.255 e. The van der Waals surface area contributed by atoms with Gasteiger partial charge in [0.2, 0.25) is 0 Å². The van der Waals surface area contributed by atoms with Gasteiger partial charge in [-0.3, -0.25) is 9.78 Å². The fraction of sp³-hybridized carbons (Fsp3) is 0.250. The third kappa shape index (κ3) is 5.62. The van der Waals surface area contributed by atoms with Gasteiger partial charge in [-0.1, -0.05) is 24.3 Å². The average molecular weight is 474 g/mol. The zero-order valence-electron chi connectivity index (χ0n) is 19.2.